The van der Waals surface area contributed by atoms with E-state index in [1.54, 1.807) is 0 Å². The molecule has 0 bridgehead atoms. The van der Waals surface area contributed by atoms with Crippen molar-refractivity contribution in [2.45, 2.75) is 71.3 Å². The predicted octanol–water partition coefficient (Wildman–Crippen LogP) is 4.43. The fourth-order valence-corrected chi connectivity index (χ4v) is 1.91. The number of allylic oxidation sites excluding steroid dienone is 2. The summed E-state index contributed by atoms with van der Waals surface area (Å²) in [4.78, 5) is 0. The highest BCUT2D eigenvalue weighted by Crippen LogP contribution is 2.21. The molecule has 0 aliphatic carbocycles. The predicted molar refractivity (Wildman–Crippen MR) is 61.2 cm³/mol. The van der Waals surface area contributed by atoms with Crippen molar-refractivity contribution >= 4 is 0 Å². The molecule has 0 spiro atoms. The fraction of sp³-hybridized carbons (Fsp3) is 0.846. The summed E-state index contributed by atoms with van der Waals surface area (Å²) in [6.07, 6.45) is 13.1. The Kier molecular flexibility index (Phi) is 5.74. The molecule has 1 heteroatoms. The van der Waals surface area contributed by atoms with Gasteiger partial charge in [-0.3, -0.25) is 0 Å². The van der Waals surface area contributed by atoms with Gasteiger partial charge in [-0.15, -0.1) is 0 Å². The van der Waals surface area contributed by atoms with Crippen molar-refractivity contribution in [3.05, 3.63) is 11.8 Å². The molecule has 0 aromatic rings. The van der Waals surface area contributed by atoms with Gasteiger partial charge in [0.1, 0.15) is 0 Å². The van der Waals surface area contributed by atoms with Crippen LogP contribution >= 0.6 is 0 Å². The molecule has 1 unspecified atom stereocenters. The van der Waals surface area contributed by atoms with Crippen molar-refractivity contribution in [1.29, 1.82) is 0 Å². The zero-order valence-corrected chi connectivity index (χ0v) is 9.72. The van der Waals surface area contributed by atoms with E-state index in [-0.39, 0.29) is 0 Å². The fourth-order valence-electron chi connectivity index (χ4n) is 1.91. The Bertz CT molecular complexity index is 172. The molecule has 0 saturated heterocycles. The van der Waals surface area contributed by atoms with E-state index in [0.717, 1.165) is 6.42 Å². The molecule has 1 nitrogen and oxygen atoms in total. The molecule has 0 radical (unpaired) electrons. The Hall–Kier alpha value is -0.460. The smallest absolute Gasteiger partial charge is 0.0957 e. The van der Waals surface area contributed by atoms with E-state index in [4.69, 9.17) is 4.74 Å². The Labute approximate surface area is 88.5 Å². The van der Waals surface area contributed by atoms with E-state index < -0.39 is 0 Å². The lowest BCUT2D eigenvalue weighted by Gasteiger charge is -2.21. The first-order chi connectivity index (χ1) is 6.83. The van der Waals surface area contributed by atoms with E-state index >= 15 is 0 Å². The van der Waals surface area contributed by atoms with Gasteiger partial charge in [-0.25, -0.2) is 0 Å². The molecule has 1 aliphatic heterocycles. The molecular weight excluding hydrogens is 172 g/mol. The summed E-state index contributed by atoms with van der Waals surface area (Å²) in [6, 6.07) is 0. The molecule has 0 aromatic heterocycles. The summed E-state index contributed by atoms with van der Waals surface area (Å²) < 4.78 is 5.75. The second-order valence-electron chi connectivity index (χ2n) is 4.34. The second kappa shape index (κ2) is 6.92. The minimum Gasteiger partial charge on any atom is -0.495 e. The minimum absolute atomic E-state index is 0.450. The number of ether oxygens (including phenoxy) is 1. The van der Waals surface area contributed by atoms with Gasteiger partial charge in [0.25, 0.3) is 0 Å². The lowest BCUT2D eigenvalue weighted by Crippen LogP contribution is -2.11. The number of hydrogen-bond acceptors (Lipinski definition) is 1. The first kappa shape index (κ1) is 11.6. The first-order valence-electron chi connectivity index (χ1n) is 6.18. The molecule has 0 aromatic carbocycles. The highest BCUT2D eigenvalue weighted by atomic mass is 16.5. The van der Waals surface area contributed by atoms with E-state index in [1.165, 1.54) is 50.7 Å². The first-order valence-corrected chi connectivity index (χ1v) is 6.18. The third kappa shape index (κ3) is 4.69. The van der Waals surface area contributed by atoms with Crippen molar-refractivity contribution < 1.29 is 4.74 Å². The maximum atomic E-state index is 5.75. The number of hydrogen-bond donors (Lipinski definition) is 0. The second-order valence-corrected chi connectivity index (χ2v) is 4.34. The van der Waals surface area contributed by atoms with Gasteiger partial charge in [0.15, 0.2) is 0 Å². The molecule has 0 N–H and O–H groups in total. The lowest BCUT2D eigenvalue weighted by molar-refractivity contribution is 0.103. The summed E-state index contributed by atoms with van der Waals surface area (Å²) in [5, 5.41) is 0. The van der Waals surface area contributed by atoms with Crippen LogP contribution in [-0.4, -0.2) is 6.10 Å². The topological polar surface area (TPSA) is 9.23 Å². The highest BCUT2D eigenvalue weighted by Gasteiger charge is 2.10. The molecule has 14 heavy (non-hydrogen) atoms. The van der Waals surface area contributed by atoms with Crippen molar-refractivity contribution in [3.8, 4) is 0 Å². The van der Waals surface area contributed by atoms with Crippen LogP contribution in [0.3, 0.4) is 0 Å². The Morgan fingerprint density at radius 1 is 1.29 bits per heavy atom. The Morgan fingerprint density at radius 3 is 2.79 bits per heavy atom. The summed E-state index contributed by atoms with van der Waals surface area (Å²) in [6.45, 7) is 4.43. The van der Waals surface area contributed by atoms with Crippen molar-refractivity contribution in [3.63, 3.8) is 0 Å². The molecule has 0 fully saturated rings. The largest absolute Gasteiger partial charge is 0.495 e. The molecular formula is C13H24O. The Morgan fingerprint density at radius 2 is 2.07 bits per heavy atom. The van der Waals surface area contributed by atoms with E-state index in [0.29, 0.717) is 6.10 Å². The zero-order valence-electron chi connectivity index (χ0n) is 9.72. The third-order valence-corrected chi connectivity index (χ3v) is 2.82. The summed E-state index contributed by atoms with van der Waals surface area (Å²) in [7, 11) is 0. The van der Waals surface area contributed by atoms with Crippen molar-refractivity contribution in [2.75, 3.05) is 0 Å². The molecule has 1 aliphatic rings. The van der Waals surface area contributed by atoms with E-state index in [1.807, 2.05) is 0 Å². The Balaban J connectivity index is 2.03. The van der Waals surface area contributed by atoms with Crippen LogP contribution in [0.1, 0.15) is 65.2 Å². The highest BCUT2D eigenvalue weighted by molar-refractivity contribution is 4.97. The SMILES string of the molecule is CCCCCCCC1=CCCC(C)O1. The van der Waals surface area contributed by atoms with Gasteiger partial charge >= 0.3 is 0 Å². The maximum absolute atomic E-state index is 5.75. The van der Waals surface area contributed by atoms with Crippen LogP contribution in [0.25, 0.3) is 0 Å². The normalized spacial score (nSPS) is 21.6. The van der Waals surface area contributed by atoms with Crippen LogP contribution < -0.4 is 0 Å². The number of unbranched alkanes of at least 4 members (excludes halogenated alkanes) is 4. The zero-order chi connectivity index (χ0) is 10.2. The van der Waals surface area contributed by atoms with Crippen molar-refractivity contribution in [2.24, 2.45) is 0 Å². The van der Waals surface area contributed by atoms with Crippen LogP contribution in [0.2, 0.25) is 0 Å². The monoisotopic (exact) mass is 196 g/mol. The average molecular weight is 196 g/mol. The summed E-state index contributed by atoms with van der Waals surface area (Å²) >= 11 is 0. The number of rotatable bonds is 6. The van der Waals surface area contributed by atoms with E-state index in [2.05, 4.69) is 19.9 Å². The van der Waals surface area contributed by atoms with Crippen LogP contribution in [0.15, 0.2) is 11.8 Å². The van der Waals surface area contributed by atoms with Crippen molar-refractivity contribution in [1.82, 2.24) is 0 Å². The maximum Gasteiger partial charge on any atom is 0.0957 e. The van der Waals surface area contributed by atoms with Gasteiger partial charge < -0.3 is 4.74 Å². The summed E-state index contributed by atoms with van der Waals surface area (Å²) in [5.41, 5.74) is 0. The van der Waals surface area contributed by atoms with Gasteiger partial charge in [-0.2, -0.15) is 0 Å². The molecule has 0 saturated carbocycles. The third-order valence-electron chi connectivity index (χ3n) is 2.82. The van der Waals surface area contributed by atoms with Gasteiger partial charge in [0.05, 0.1) is 11.9 Å². The van der Waals surface area contributed by atoms with Crippen LogP contribution in [0.4, 0.5) is 0 Å². The van der Waals surface area contributed by atoms with Gasteiger partial charge in [-0.05, 0) is 32.3 Å². The van der Waals surface area contributed by atoms with Crippen LogP contribution in [0, 0.1) is 0 Å². The van der Waals surface area contributed by atoms with Crippen LogP contribution in [-0.2, 0) is 4.74 Å². The van der Waals surface area contributed by atoms with Gasteiger partial charge in [0.2, 0.25) is 0 Å². The van der Waals surface area contributed by atoms with Gasteiger partial charge in [0, 0.05) is 6.42 Å². The lowest BCUT2D eigenvalue weighted by atomic mass is 10.1. The quantitative estimate of drug-likeness (QED) is 0.571. The average Bonchev–Trinajstić information content (AvgIpc) is 2.18. The summed E-state index contributed by atoms with van der Waals surface area (Å²) in [5.74, 6) is 1.25. The standard InChI is InChI=1S/C13H24O/c1-3-4-5-6-7-10-13-11-8-9-12(2)14-13/h11-12H,3-10H2,1-2H3. The molecule has 1 rings (SSSR count). The molecule has 0 amide bonds. The molecule has 1 heterocycles. The van der Waals surface area contributed by atoms with Gasteiger partial charge in [-0.1, -0.05) is 32.6 Å². The van der Waals surface area contributed by atoms with E-state index in [9.17, 15) is 0 Å². The van der Waals surface area contributed by atoms with Crippen LogP contribution in [0.5, 0.6) is 0 Å². The molecule has 1 atom stereocenters. The molecule has 82 valence electrons. The minimum atomic E-state index is 0.450.